The van der Waals surface area contributed by atoms with Crippen molar-refractivity contribution in [1.29, 1.82) is 0 Å². The number of carbonyl (C=O) groups excluding carboxylic acids is 1. The first-order valence-corrected chi connectivity index (χ1v) is 8.80. The Morgan fingerprint density at radius 3 is 2.81 bits per heavy atom. The predicted octanol–water partition coefficient (Wildman–Crippen LogP) is 1.94. The van der Waals surface area contributed by atoms with Gasteiger partial charge in [-0.15, -0.1) is 0 Å². The van der Waals surface area contributed by atoms with Crippen LogP contribution in [0.4, 0.5) is 0 Å². The van der Waals surface area contributed by atoms with Crippen molar-refractivity contribution >= 4 is 5.78 Å². The third-order valence-electron chi connectivity index (χ3n) is 5.74. The molecule has 2 aromatic carbocycles. The van der Waals surface area contributed by atoms with Gasteiger partial charge in [-0.1, -0.05) is 0 Å². The van der Waals surface area contributed by atoms with Gasteiger partial charge in [0.15, 0.2) is 28.8 Å². The minimum Gasteiger partial charge on any atom is -0.504 e. The lowest BCUT2D eigenvalue weighted by Crippen LogP contribution is -2.37. The molecule has 27 heavy (non-hydrogen) atoms. The van der Waals surface area contributed by atoms with Gasteiger partial charge in [-0.05, 0) is 42.8 Å². The summed E-state index contributed by atoms with van der Waals surface area (Å²) in [5.41, 5.74) is 2.58. The maximum absolute atomic E-state index is 13.5. The normalized spacial score (nSPS) is 22.9. The van der Waals surface area contributed by atoms with Crippen LogP contribution in [-0.4, -0.2) is 48.4 Å². The number of phenols is 1. The van der Waals surface area contributed by atoms with E-state index in [2.05, 4.69) is 0 Å². The Hall–Kier alpha value is -2.77. The Balaban J connectivity index is 1.88. The van der Waals surface area contributed by atoms with Crippen molar-refractivity contribution in [3.05, 3.63) is 46.0 Å². The Kier molecular flexibility index (Phi) is 3.41. The molecule has 5 rings (SSSR count). The van der Waals surface area contributed by atoms with Crippen LogP contribution in [0.1, 0.15) is 44.8 Å². The Labute approximate surface area is 155 Å². The average molecular weight is 369 g/mol. The number of fused-ring (bicyclic) bond motifs is 3. The number of hydrogen-bond donors (Lipinski definition) is 2. The van der Waals surface area contributed by atoms with Crippen LogP contribution in [0, 0.1) is 0 Å². The summed E-state index contributed by atoms with van der Waals surface area (Å²) in [5, 5.41) is 22.2. The summed E-state index contributed by atoms with van der Waals surface area (Å²) in [6.07, 6.45) is -0.541. The number of benzene rings is 2. The van der Waals surface area contributed by atoms with Gasteiger partial charge in [-0.2, -0.15) is 0 Å². The van der Waals surface area contributed by atoms with Gasteiger partial charge >= 0.3 is 0 Å². The van der Waals surface area contributed by atoms with Crippen LogP contribution in [0.3, 0.4) is 0 Å². The summed E-state index contributed by atoms with van der Waals surface area (Å²) in [4.78, 5) is 15.4. The fourth-order valence-corrected chi connectivity index (χ4v) is 4.45. The summed E-state index contributed by atoms with van der Waals surface area (Å²) in [7, 11) is 3.35. The van der Waals surface area contributed by atoms with E-state index < -0.39 is 12.1 Å². The molecule has 3 aliphatic rings. The zero-order valence-electron chi connectivity index (χ0n) is 15.0. The number of rotatable bonds is 1. The van der Waals surface area contributed by atoms with E-state index in [0.717, 1.165) is 5.56 Å². The summed E-state index contributed by atoms with van der Waals surface area (Å²) in [5.74, 6) is 0.833. The number of hydrogen-bond acceptors (Lipinski definition) is 7. The number of Topliss-reactive ketones (excluding diaryl/α,β-unsaturated/α-hetero) is 1. The molecule has 2 heterocycles. The maximum atomic E-state index is 13.5. The quantitative estimate of drug-likeness (QED) is 0.794. The predicted molar refractivity (Wildman–Crippen MR) is 94.7 cm³/mol. The van der Waals surface area contributed by atoms with E-state index in [-0.39, 0.29) is 24.1 Å². The topological polar surface area (TPSA) is 88.5 Å². The van der Waals surface area contributed by atoms with Gasteiger partial charge in [0.1, 0.15) is 6.10 Å². The van der Waals surface area contributed by atoms with E-state index >= 15 is 0 Å². The van der Waals surface area contributed by atoms with E-state index in [1.54, 1.807) is 18.2 Å². The molecular formula is C20H19NO6. The van der Waals surface area contributed by atoms with Gasteiger partial charge in [0, 0.05) is 23.2 Å². The molecule has 0 bridgehead atoms. The standard InChI is InChI=1S/C20H19NO6/c1-21-6-5-9-7-12(25-2)18(23)15-13(9)16(21)17(22)10-3-4-11-20(27-8-26-11)14(10)19(15)24/h3-4,7,16,19,23-24H,5-6,8H2,1-2H3. The third kappa shape index (κ3) is 2.06. The molecule has 0 radical (unpaired) electrons. The number of nitrogens with zero attached hydrogens (tertiary/aromatic N) is 1. The number of ketones is 1. The number of methoxy groups -OCH3 is 1. The minimum absolute atomic E-state index is 0.0260. The van der Waals surface area contributed by atoms with Gasteiger partial charge in [-0.3, -0.25) is 9.69 Å². The minimum atomic E-state index is -1.24. The number of phenolic OH excluding ortho intramolecular Hbond substituents is 1. The first-order valence-electron chi connectivity index (χ1n) is 8.80. The van der Waals surface area contributed by atoms with E-state index in [1.807, 2.05) is 11.9 Å². The zero-order valence-corrected chi connectivity index (χ0v) is 15.0. The molecule has 2 N–H and O–H groups in total. The van der Waals surface area contributed by atoms with Crippen molar-refractivity contribution < 1.29 is 29.2 Å². The van der Waals surface area contributed by atoms with Crippen LogP contribution in [0.5, 0.6) is 23.0 Å². The van der Waals surface area contributed by atoms with Crippen molar-refractivity contribution in [2.45, 2.75) is 18.6 Å². The molecule has 0 saturated carbocycles. The molecule has 1 aliphatic carbocycles. The largest absolute Gasteiger partial charge is 0.504 e. The Bertz CT molecular complexity index is 985. The van der Waals surface area contributed by atoms with Crippen LogP contribution < -0.4 is 14.2 Å². The molecule has 2 atom stereocenters. The highest BCUT2D eigenvalue weighted by molar-refractivity contribution is 6.04. The molecule has 2 aromatic rings. The highest BCUT2D eigenvalue weighted by Crippen LogP contribution is 2.53. The molecule has 0 aromatic heterocycles. The molecule has 7 nitrogen and oxygen atoms in total. The highest BCUT2D eigenvalue weighted by atomic mass is 16.7. The third-order valence-corrected chi connectivity index (χ3v) is 5.74. The second kappa shape index (κ2) is 5.61. The molecule has 140 valence electrons. The lowest BCUT2D eigenvalue weighted by molar-refractivity contribution is 0.0839. The fourth-order valence-electron chi connectivity index (χ4n) is 4.45. The van der Waals surface area contributed by atoms with Crippen molar-refractivity contribution in [1.82, 2.24) is 4.90 Å². The summed E-state index contributed by atoms with van der Waals surface area (Å²) in [6.45, 7) is 0.713. The van der Waals surface area contributed by atoms with Crippen molar-refractivity contribution in [3.8, 4) is 23.0 Å². The molecule has 0 spiro atoms. The van der Waals surface area contributed by atoms with Gasteiger partial charge in [0.25, 0.3) is 0 Å². The van der Waals surface area contributed by atoms with Crippen LogP contribution in [0.25, 0.3) is 0 Å². The van der Waals surface area contributed by atoms with E-state index in [0.29, 0.717) is 46.7 Å². The lowest BCUT2D eigenvalue weighted by atomic mass is 9.85. The smallest absolute Gasteiger partial charge is 0.231 e. The molecule has 0 saturated heterocycles. The van der Waals surface area contributed by atoms with Gasteiger partial charge in [0.05, 0.1) is 13.2 Å². The number of ether oxygens (including phenoxy) is 3. The second-order valence-corrected chi connectivity index (χ2v) is 7.07. The molecule has 0 fully saturated rings. The van der Waals surface area contributed by atoms with Crippen molar-refractivity contribution in [2.24, 2.45) is 0 Å². The Morgan fingerprint density at radius 1 is 1.22 bits per heavy atom. The number of carbonyl (C=O) groups is 1. The summed E-state index contributed by atoms with van der Waals surface area (Å²) >= 11 is 0. The zero-order chi connectivity index (χ0) is 18.9. The SMILES string of the molecule is COc1cc2c3c(c1O)C(O)c1c(ccc4c1OCO4)C(=O)C3N(C)CC2. The second-order valence-electron chi connectivity index (χ2n) is 7.07. The molecule has 0 amide bonds. The molecule has 2 unspecified atom stereocenters. The van der Waals surface area contributed by atoms with E-state index in [1.165, 1.54) is 7.11 Å². The van der Waals surface area contributed by atoms with Crippen LogP contribution in [0.2, 0.25) is 0 Å². The van der Waals surface area contributed by atoms with Crippen molar-refractivity contribution in [2.75, 3.05) is 27.5 Å². The Morgan fingerprint density at radius 2 is 2.04 bits per heavy atom. The van der Waals surface area contributed by atoms with Crippen molar-refractivity contribution in [3.63, 3.8) is 0 Å². The first-order chi connectivity index (χ1) is 13.0. The monoisotopic (exact) mass is 369 g/mol. The van der Waals surface area contributed by atoms with E-state index in [4.69, 9.17) is 14.2 Å². The van der Waals surface area contributed by atoms with Gasteiger partial charge < -0.3 is 24.4 Å². The summed E-state index contributed by atoms with van der Waals surface area (Å²) < 4.78 is 16.3. The van der Waals surface area contributed by atoms with Crippen LogP contribution in [0.15, 0.2) is 18.2 Å². The molecule has 2 aliphatic heterocycles. The fraction of sp³-hybridized carbons (Fsp3) is 0.350. The number of aromatic hydroxyl groups is 1. The highest BCUT2D eigenvalue weighted by Gasteiger charge is 2.44. The first kappa shape index (κ1) is 16.4. The number of aliphatic hydroxyl groups is 1. The lowest BCUT2D eigenvalue weighted by Gasteiger charge is -2.34. The number of likely N-dealkylation sites (N-methyl/N-ethyl adjacent to an activating group) is 1. The van der Waals surface area contributed by atoms with Crippen LogP contribution >= 0.6 is 0 Å². The molecule has 7 heteroatoms. The number of aliphatic hydroxyl groups excluding tert-OH is 1. The summed E-state index contributed by atoms with van der Waals surface area (Å²) in [6, 6.07) is 4.52. The van der Waals surface area contributed by atoms with Gasteiger partial charge in [0.2, 0.25) is 6.79 Å². The average Bonchev–Trinajstić information content (AvgIpc) is 3.11. The van der Waals surface area contributed by atoms with Crippen LogP contribution in [-0.2, 0) is 6.42 Å². The van der Waals surface area contributed by atoms with Gasteiger partial charge in [-0.25, -0.2) is 0 Å². The maximum Gasteiger partial charge on any atom is 0.231 e. The van der Waals surface area contributed by atoms with E-state index in [9.17, 15) is 15.0 Å². The molecular weight excluding hydrogens is 350 g/mol.